The third-order valence-corrected chi connectivity index (χ3v) is 4.52. The highest BCUT2D eigenvalue weighted by atomic mass is 14.3. The molecule has 0 radical (unpaired) electrons. The summed E-state index contributed by atoms with van der Waals surface area (Å²) in [4.78, 5) is 0. The first-order valence-electron chi connectivity index (χ1n) is 8.89. The van der Waals surface area contributed by atoms with Crippen molar-refractivity contribution in [2.24, 2.45) is 23.7 Å². The van der Waals surface area contributed by atoms with Gasteiger partial charge >= 0.3 is 0 Å². The Balaban J connectivity index is 4.48. The number of hydrogen-bond acceptors (Lipinski definition) is 0. The maximum absolute atomic E-state index is 2.45. The van der Waals surface area contributed by atoms with E-state index in [0.29, 0.717) is 0 Å². The summed E-state index contributed by atoms with van der Waals surface area (Å²) in [5.74, 6) is 3.27. The van der Waals surface area contributed by atoms with Crippen molar-refractivity contribution in [2.75, 3.05) is 0 Å². The fourth-order valence-corrected chi connectivity index (χ4v) is 3.12. The number of allylic oxidation sites excluding steroid dienone is 4. The molecule has 0 saturated carbocycles. The molecule has 0 rings (SSSR count). The molecule has 20 heavy (non-hydrogen) atoms. The van der Waals surface area contributed by atoms with Gasteiger partial charge in [-0.25, -0.2) is 0 Å². The number of rotatable bonds is 11. The van der Waals surface area contributed by atoms with Crippen molar-refractivity contribution < 1.29 is 0 Å². The predicted molar refractivity (Wildman–Crippen MR) is 94.0 cm³/mol. The normalized spacial score (nSPS) is 17.1. The first-order valence-corrected chi connectivity index (χ1v) is 8.89. The van der Waals surface area contributed by atoms with E-state index in [1.807, 2.05) is 0 Å². The maximum atomic E-state index is 2.45. The van der Waals surface area contributed by atoms with Crippen LogP contribution in [-0.4, -0.2) is 0 Å². The second kappa shape index (κ2) is 12.2. The third kappa shape index (κ3) is 8.61. The van der Waals surface area contributed by atoms with E-state index in [1.54, 1.807) is 0 Å². The summed E-state index contributed by atoms with van der Waals surface area (Å²) in [5, 5.41) is 0. The van der Waals surface area contributed by atoms with Crippen LogP contribution in [-0.2, 0) is 0 Å². The first kappa shape index (κ1) is 19.5. The van der Waals surface area contributed by atoms with E-state index < -0.39 is 0 Å². The highest BCUT2D eigenvalue weighted by molar-refractivity contribution is 5.04. The predicted octanol–water partition coefficient (Wildman–Crippen LogP) is 7.02. The molecule has 3 atom stereocenters. The molecule has 0 heteroatoms. The lowest BCUT2D eigenvalue weighted by Crippen LogP contribution is -2.20. The Morgan fingerprint density at radius 1 is 0.900 bits per heavy atom. The lowest BCUT2D eigenvalue weighted by Gasteiger charge is -2.30. The Morgan fingerprint density at radius 3 is 2.10 bits per heavy atom. The van der Waals surface area contributed by atoms with Crippen LogP contribution in [0.3, 0.4) is 0 Å². The van der Waals surface area contributed by atoms with Gasteiger partial charge in [-0.2, -0.15) is 0 Å². The average molecular weight is 279 g/mol. The van der Waals surface area contributed by atoms with Crippen LogP contribution >= 0.6 is 0 Å². The van der Waals surface area contributed by atoms with E-state index in [0.717, 1.165) is 23.7 Å². The van der Waals surface area contributed by atoms with Crippen molar-refractivity contribution in [3.05, 3.63) is 24.3 Å². The van der Waals surface area contributed by atoms with Crippen LogP contribution in [0.1, 0.15) is 80.1 Å². The summed E-state index contributed by atoms with van der Waals surface area (Å²) in [7, 11) is 0. The van der Waals surface area contributed by atoms with Gasteiger partial charge in [0.15, 0.2) is 0 Å². The minimum Gasteiger partial charge on any atom is -0.0846 e. The highest BCUT2D eigenvalue weighted by Gasteiger charge is 2.22. The van der Waals surface area contributed by atoms with E-state index in [1.165, 1.54) is 38.5 Å². The molecule has 0 amide bonds. The van der Waals surface area contributed by atoms with E-state index >= 15 is 0 Å². The fourth-order valence-electron chi connectivity index (χ4n) is 3.12. The minimum atomic E-state index is 0.744. The Bertz CT molecular complexity index is 259. The van der Waals surface area contributed by atoms with Gasteiger partial charge in [-0.15, -0.1) is 0 Å². The third-order valence-electron chi connectivity index (χ3n) is 4.52. The molecule has 0 aromatic rings. The lowest BCUT2D eigenvalue weighted by atomic mass is 9.76. The van der Waals surface area contributed by atoms with Crippen molar-refractivity contribution in [1.82, 2.24) is 0 Å². The molecule has 0 heterocycles. The monoisotopic (exact) mass is 278 g/mol. The van der Waals surface area contributed by atoms with Gasteiger partial charge in [-0.05, 0) is 42.9 Å². The van der Waals surface area contributed by atoms with Crippen LogP contribution in [0, 0.1) is 23.7 Å². The number of unbranched alkanes of at least 4 members (excludes halogenated alkanes) is 1. The number of hydrogen-bond donors (Lipinski definition) is 0. The quantitative estimate of drug-likeness (QED) is 0.356. The smallest absolute Gasteiger partial charge is 0.0230 e. The van der Waals surface area contributed by atoms with Gasteiger partial charge in [-0.1, -0.05) is 85.1 Å². The topological polar surface area (TPSA) is 0 Å². The molecule has 118 valence electrons. The van der Waals surface area contributed by atoms with E-state index in [9.17, 15) is 0 Å². The molecule has 0 aromatic carbocycles. The average Bonchev–Trinajstić information content (AvgIpc) is 2.41. The Morgan fingerprint density at radius 2 is 1.60 bits per heavy atom. The first-order chi connectivity index (χ1) is 9.56. The van der Waals surface area contributed by atoms with E-state index in [4.69, 9.17) is 0 Å². The molecular weight excluding hydrogens is 240 g/mol. The zero-order valence-corrected chi connectivity index (χ0v) is 14.9. The SMILES string of the molecule is CCCC=CC=CC(CC)CC(C(C)C)C(C)CCC. The molecule has 0 N–H and O–H groups in total. The van der Waals surface area contributed by atoms with E-state index in [2.05, 4.69) is 65.8 Å². The van der Waals surface area contributed by atoms with Gasteiger partial charge in [0.2, 0.25) is 0 Å². The molecule has 0 fully saturated rings. The fraction of sp³-hybridized carbons (Fsp3) is 0.800. The van der Waals surface area contributed by atoms with Gasteiger partial charge in [0.1, 0.15) is 0 Å². The summed E-state index contributed by atoms with van der Waals surface area (Å²) >= 11 is 0. The second-order valence-electron chi connectivity index (χ2n) is 6.68. The Hall–Kier alpha value is -0.520. The summed E-state index contributed by atoms with van der Waals surface area (Å²) in [6, 6.07) is 0. The molecular formula is C20H38. The molecule has 0 saturated heterocycles. The molecule has 0 bridgehead atoms. The molecule has 0 nitrogen and oxygen atoms in total. The second-order valence-corrected chi connectivity index (χ2v) is 6.68. The standard InChI is InChI=1S/C20H38/c1-7-10-11-12-13-15-19(9-3)16-20(17(4)5)18(6)14-8-2/h11-13,15,17-20H,7-10,14,16H2,1-6H3. The summed E-state index contributed by atoms with van der Waals surface area (Å²) in [5.41, 5.74) is 0. The lowest BCUT2D eigenvalue weighted by molar-refractivity contribution is 0.217. The van der Waals surface area contributed by atoms with Crippen LogP contribution in [0.15, 0.2) is 24.3 Å². The Labute approximate surface area is 128 Å². The van der Waals surface area contributed by atoms with Gasteiger partial charge < -0.3 is 0 Å². The van der Waals surface area contributed by atoms with Crippen LogP contribution in [0.2, 0.25) is 0 Å². The van der Waals surface area contributed by atoms with Crippen LogP contribution in [0.5, 0.6) is 0 Å². The van der Waals surface area contributed by atoms with Crippen molar-refractivity contribution in [1.29, 1.82) is 0 Å². The molecule has 0 spiro atoms. The highest BCUT2D eigenvalue weighted by Crippen LogP contribution is 2.32. The van der Waals surface area contributed by atoms with Gasteiger partial charge in [0, 0.05) is 0 Å². The largest absolute Gasteiger partial charge is 0.0846 e. The molecule has 0 aliphatic rings. The van der Waals surface area contributed by atoms with Gasteiger partial charge in [0.25, 0.3) is 0 Å². The summed E-state index contributed by atoms with van der Waals surface area (Å²) in [6.45, 7) is 14.1. The van der Waals surface area contributed by atoms with Crippen LogP contribution in [0.4, 0.5) is 0 Å². The van der Waals surface area contributed by atoms with E-state index in [-0.39, 0.29) is 0 Å². The van der Waals surface area contributed by atoms with Gasteiger partial charge in [0.05, 0.1) is 0 Å². The molecule has 0 aliphatic carbocycles. The Kier molecular flexibility index (Phi) is 11.9. The van der Waals surface area contributed by atoms with Crippen LogP contribution in [0.25, 0.3) is 0 Å². The molecule has 3 unspecified atom stereocenters. The zero-order valence-electron chi connectivity index (χ0n) is 14.9. The van der Waals surface area contributed by atoms with Crippen molar-refractivity contribution >= 4 is 0 Å². The van der Waals surface area contributed by atoms with Crippen LogP contribution < -0.4 is 0 Å². The van der Waals surface area contributed by atoms with Crippen molar-refractivity contribution in [2.45, 2.75) is 80.1 Å². The molecule has 0 aliphatic heterocycles. The van der Waals surface area contributed by atoms with Crippen molar-refractivity contribution in [3.63, 3.8) is 0 Å². The minimum absolute atomic E-state index is 0.744. The summed E-state index contributed by atoms with van der Waals surface area (Å²) in [6.07, 6.45) is 17.0. The maximum Gasteiger partial charge on any atom is -0.0230 e. The van der Waals surface area contributed by atoms with Crippen molar-refractivity contribution in [3.8, 4) is 0 Å². The van der Waals surface area contributed by atoms with Gasteiger partial charge in [-0.3, -0.25) is 0 Å². The summed E-state index contributed by atoms with van der Waals surface area (Å²) < 4.78 is 0. The zero-order chi connectivity index (χ0) is 15.4. The molecule has 0 aromatic heterocycles.